The average molecular weight is 247 g/mol. The summed E-state index contributed by atoms with van der Waals surface area (Å²) in [6, 6.07) is 6.63. The van der Waals surface area contributed by atoms with Crippen molar-refractivity contribution >= 4 is 5.69 Å². The largest absolute Gasteiger partial charge is 0.384 e. The van der Waals surface area contributed by atoms with Gasteiger partial charge in [0.1, 0.15) is 0 Å². The van der Waals surface area contributed by atoms with Crippen molar-refractivity contribution < 1.29 is 0 Å². The number of benzene rings is 1. The highest BCUT2D eigenvalue weighted by atomic mass is 15.1. The zero-order chi connectivity index (χ0) is 12.8. The van der Waals surface area contributed by atoms with Crippen LogP contribution < -0.4 is 10.6 Å². The highest BCUT2D eigenvalue weighted by Crippen LogP contribution is 2.25. The van der Waals surface area contributed by atoms with Gasteiger partial charge in [-0.15, -0.1) is 0 Å². The number of nitrogens with one attached hydrogen (secondary N) is 2. The fourth-order valence-corrected chi connectivity index (χ4v) is 2.56. The highest BCUT2D eigenvalue weighted by molar-refractivity contribution is 5.61. The third kappa shape index (κ3) is 3.24. The third-order valence-electron chi connectivity index (χ3n) is 3.75. The van der Waals surface area contributed by atoms with Crippen molar-refractivity contribution in [1.29, 1.82) is 0 Å². The molecule has 0 amide bonds. The molecule has 3 heteroatoms. The molecule has 3 nitrogen and oxygen atoms in total. The van der Waals surface area contributed by atoms with Gasteiger partial charge in [-0.2, -0.15) is 0 Å². The fraction of sp³-hybridized carbons (Fsp3) is 0.600. The minimum Gasteiger partial charge on any atom is -0.384 e. The van der Waals surface area contributed by atoms with Crippen LogP contribution in [0.15, 0.2) is 18.2 Å². The van der Waals surface area contributed by atoms with Crippen molar-refractivity contribution in [1.82, 2.24) is 10.2 Å². The Labute approximate surface area is 111 Å². The zero-order valence-electron chi connectivity index (χ0n) is 11.6. The zero-order valence-corrected chi connectivity index (χ0v) is 11.6. The Morgan fingerprint density at radius 2 is 2.11 bits per heavy atom. The maximum absolute atomic E-state index is 3.55. The second-order valence-corrected chi connectivity index (χ2v) is 4.83. The topological polar surface area (TPSA) is 27.3 Å². The molecule has 1 heterocycles. The smallest absolute Gasteiger partial charge is 0.0419 e. The van der Waals surface area contributed by atoms with Crippen LogP contribution in [0.1, 0.15) is 25.0 Å². The Bertz CT molecular complexity index is 372. The van der Waals surface area contributed by atoms with E-state index in [9.17, 15) is 0 Å². The van der Waals surface area contributed by atoms with Gasteiger partial charge in [0.2, 0.25) is 0 Å². The molecule has 0 unspecified atom stereocenters. The molecule has 0 saturated carbocycles. The molecular weight excluding hydrogens is 222 g/mol. The fourth-order valence-electron chi connectivity index (χ4n) is 2.56. The van der Waals surface area contributed by atoms with Crippen molar-refractivity contribution in [2.75, 3.05) is 38.0 Å². The van der Waals surface area contributed by atoms with Crippen molar-refractivity contribution in [3.63, 3.8) is 0 Å². The number of rotatable bonds is 7. The molecule has 0 fully saturated rings. The van der Waals surface area contributed by atoms with Gasteiger partial charge in [0.25, 0.3) is 0 Å². The van der Waals surface area contributed by atoms with Gasteiger partial charge >= 0.3 is 0 Å². The SMILES string of the molecule is CCN(CC)CCNCc1cccc2c1NCC2. The van der Waals surface area contributed by atoms with Crippen molar-refractivity contribution in [3.8, 4) is 0 Å². The van der Waals surface area contributed by atoms with Crippen LogP contribution in [-0.4, -0.2) is 37.6 Å². The van der Waals surface area contributed by atoms with Gasteiger partial charge in [-0.3, -0.25) is 0 Å². The van der Waals surface area contributed by atoms with E-state index in [0.717, 1.165) is 39.3 Å². The van der Waals surface area contributed by atoms with E-state index in [-0.39, 0.29) is 0 Å². The van der Waals surface area contributed by atoms with Crippen LogP contribution in [0.5, 0.6) is 0 Å². The first-order chi connectivity index (χ1) is 8.85. The lowest BCUT2D eigenvalue weighted by Crippen LogP contribution is -2.31. The minimum absolute atomic E-state index is 0.970. The number of anilines is 1. The van der Waals surface area contributed by atoms with Gasteiger partial charge in [-0.25, -0.2) is 0 Å². The van der Waals surface area contributed by atoms with Crippen LogP contribution in [0, 0.1) is 0 Å². The summed E-state index contributed by atoms with van der Waals surface area (Å²) in [4.78, 5) is 2.45. The molecular formula is C15H25N3. The standard InChI is InChI=1S/C15H25N3/c1-3-18(4-2)11-10-16-12-14-7-5-6-13-8-9-17-15(13)14/h5-7,16-17H,3-4,8-12H2,1-2H3. The number of nitrogens with zero attached hydrogens (tertiary/aromatic N) is 1. The van der Waals surface area contributed by atoms with Crippen molar-refractivity contribution in [2.24, 2.45) is 0 Å². The lowest BCUT2D eigenvalue weighted by Gasteiger charge is -2.18. The molecule has 0 saturated heterocycles. The predicted molar refractivity (Wildman–Crippen MR) is 78.1 cm³/mol. The molecule has 100 valence electrons. The van der Waals surface area contributed by atoms with E-state index < -0.39 is 0 Å². The van der Waals surface area contributed by atoms with Gasteiger partial charge in [0, 0.05) is 31.9 Å². The van der Waals surface area contributed by atoms with Crippen LogP contribution in [0.3, 0.4) is 0 Å². The molecule has 1 aliphatic heterocycles. The third-order valence-corrected chi connectivity index (χ3v) is 3.75. The molecule has 2 rings (SSSR count). The van der Waals surface area contributed by atoms with E-state index in [0.29, 0.717) is 0 Å². The van der Waals surface area contributed by atoms with Crippen LogP contribution in [-0.2, 0) is 13.0 Å². The molecule has 0 radical (unpaired) electrons. The van der Waals surface area contributed by atoms with E-state index in [4.69, 9.17) is 0 Å². The Morgan fingerprint density at radius 3 is 2.89 bits per heavy atom. The maximum atomic E-state index is 3.55. The number of fused-ring (bicyclic) bond motifs is 1. The summed E-state index contributed by atoms with van der Waals surface area (Å²) in [6.07, 6.45) is 1.17. The number of hydrogen-bond donors (Lipinski definition) is 2. The first kappa shape index (κ1) is 13.4. The Morgan fingerprint density at radius 1 is 1.28 bits per heavy atom. The van der Waals surface area contributed by atoms with Crippen LogP contribution >= 0.6 is 0 Å². The van der Waals surface area contributed by atoms with Crippen molar-refractivity contribution in [2.45, 2.75) is 26.8 Å². The van der Waals surface area contributed by atoms with E-state index in [1.807, 2.05) is 0 Å². The molecule has 0 bridgehead atoms. The van der Waals surface area contributed by atoms with Crippen LogP contribution in [0.25, 0.3) is 0 Å². The molecule has 1 aromatic carbocycles. The van der Waals surface area contributed by atoms with E-state index in [1.54, 1.807) is 0 Å². The molecule has 1 aliphatic rings. The lowest BCUT2D eigenvalue weighted by molar-refractivity contribution is 0.302. The van der Waals surface area contributed by atoms with E-state index in [1.165, 1.54) is 23.2 Å². The van der Waals surface area contributed by atoms with Gasteiger partial charge in [-0.1, -0.05) is 32.0 Å². The van der Waals surface area contributed by atoms with Crippen LogP contribution in [0.2, 0.25) is 0 Å². The summed E-state index contributed by atoms with van der Waals surface area (Å²) in [5.74, 6) is 0. The number of para-hydroxylation sites is 1. The predicted octanol–water partition coefficient (Wildman–Crippen LogP) is 2.09. The Hall–Kier alpha value is -1.06. The molecule has 0 atom stereocenters. The summed E-state index contributed by atoms with van der Waals surface area (Å²) in [7, 11) is 0. The van der Waals surface area contributed by atoms with Gasteiger partial charge in [0.15, 0.2) is 0 Å². The first-order valence-electron chi connectivity index (χ1n) is 7.12. The normalized spacial score (nSPS) is 13.7. The summed E-state index contributed by atoms with van der Waals surface area (Å²) in [5, 5.41) is 7.04. The summed E-state index contributed by atoms with van der Waals surface area (Å²) >= 11 is 0. The minimum atomic E-state index is 0.970. The Kier molecular flexibility index (Phi) is 5.02. The number of hydrogen-bond acceptors (Lipinski definition) is 3. The quantitative estimate of drug-likeness (QED) is 0.723. The van der Waals surface area contributed by atoms with Crippen molar-refractivity contribution in [3.05, 3.63) is 29.3 Å². The molecule has 0 aliphatic carbocycles. The monoisotopic (exact) mass is 247 g/mol. The molecule has 2 N–H and O–H groups in total. The van der Waals surface area contributed by atoms with Crippen LogP contribution in [0.4, 0.5) is 5.69 Å². The van der Waals surface area contributed by atoms with Gasteiger partial charge < -0.3 is 15.5 Å². The average Bonchev–Trinajstić information content (AvgIpc) is 2.88. The van der Waals surface area contributed by atoms with E-state index >= 15 is 0 Å². The van der Waals surface area contributed by atoms with Gasteiger partial charge in [-0.05, 0) is 30.6 Å². The molecule has 0 spiro atoms. The summed E-state index contributed by atoms with van der Waals surface area (Å²) in [5.41, 5.74) is 4.25. The summed E-state index contributed by atoms with van der Waals surface area (Å²) < 4.78 is 0. The lowest BCUT2D eigenvalue weighted by atomic mass is 10.1. The first-order valence-corrected chi connectivity index (χ1v) is 7.12. The Balaban J connectivity index is 1.79. The summed E-state index contributed by atoms with van der Waals surface area (Å²) in [6.45, 7) is 11.0. The maximum Gasteiger partial charge on any atom is 0.0419 e. The second kappa shape index (κ2) is 6.76. The van der Waals surface area contributed by atoms with E-state index in [2.05, 4.69) is 47.6 Å². The molecule has 1 aromatic rings. The van der Waals surface area contributed by atoms with Gasteiger partial charge in [0.05, 0.1) is 0 Å². The number of likely N-dealkylation sites (N-methyl/N-ethyl adjacent to an activating group) is 1. The molecule has 0 aromatic heterocycles. The highest BCUT2D eigenvalue weighted by Gasteiger charge is 2.12. The molecule has 18 heavy (non-hydrogen) atoms. The second-order valence-electron chi connectivity index (χ2n) is 4.83.